The summed E-state index contributed by atoms with van der Waals surface area (Å²) in [6.45, 7) is 9.55. The van der Waals surface area contributed by atoms with Crippen LogP contribution in [0.25, 0.3) is 22.8 Å². The molecule has 0 N–H and O–H groups in total. The van der Waals surface area contributed by atoms with E-state index in [1.165, 1.54) is 34.4 Å². The third-order valence-electron chi connectivity index (χ3n) is 6.59. The Balaban J connectivity index is 1.79. The number of hydrogen-bond donors (Lipinski definition) is 0. The zero-order chi connectivity index (χ0) is 18.8. The van der Waals surface area contributed by atoms with Crippen molar-refractivity contribution in [3.8, 4) is 11.1 Å². The van der Waals surface area contributed by atoms with E-state index in [-0.39, 0.29) is 5.41 Å². The molecule has 0 spiro atoms. The zero-order valence-electron chi connectivity index (χ0n) is 16.9. The van der Waals surface area contributed by atoms with Crippen LogP contribution in [0.4, 0.5) is 0 Å². The van der Waals surface area contributed by atoms with Crippen LogP contribution in [0.3, 0.4) is 0 Å². The second kappa shape index (κ2) is 5.58. The van der Waals surface area contributed by atoms with Gasteiger partial charge in [-0.05, 0) is 74.6 Å². The van der Waals surface area contributed by atoms with Crippen molar-refractivity contribution in [3.05, 3.63) is 81.8 Å². The van der Waals surface area contributed by atoms with Crippen molar-refractivity contribution in [2.75, 3.05) is 0 Å². The molecular formula is C27H28. The molecule has 0 heteroatoms. The Morgan fingerprint density at radius 1 is 0.778 bits per heavy atom. The maximum atomic E-state index is 2.56. The fraction of sp³-hybridized carbons (Fsp3) is 0.333. The average molecular weight is 353 g/mol. The minimum Gasteiger partial charge on any atom is -0.0750 e. The Bertz CT molecular complexity index is 1120. The molecule has 2 aromatic rings. The summed E-state index contributed by atoms with van der Waals surface area (Å²) >= 11 is 0. The van der Waals surface area contributed by atoms with E-state index in [0.29, 0.717) is 5.41 Å². The van der Waals surface area contributed by atoms with Crippen LogP contribution in [0.5, 0.6) is 0 Å². The molecule has 0 radical (unpaired) electrons. The average Bonchev–Trinajstić information content (AvgIpc) is 3.00. The second-order valence-electron chi connectivity index (χ2n) is 9.70. The minimum absolute atomic E-state index is 0.114. The summed E-state index contributed by atoms with van der Waals surface area (Å²) in [6, 6.07) is 17.8. The quantitative estimate of drug-likeness (QED) is 0.611. The minimum atomic E-state index is 0.114. The van der Waals surface area contributed by atoms with Crippen molar-refractivity contribution in [2.45, 2.75) is 47.0 Å². The Labute approximate surface area is 162 Å². The summed E-state index contributed by atoms with van der Waals surface area (Å²) in [5.41, 5.74) is 9.49. The Kier molecular flexibility index (Phi) is 3.47. The van der Waals surface area contributed by atoms with Crippen LogP contribution >= 0.6 is 0 Å². The van der Waals surface area contributed by atoms with Gasteiger partial charge in [-0.2, -0.15) is 0 Å². The first-order valence-electron chi connectivity index (χ1n) is 10.2. The molecule has 0 aliphatic heterocycles. The normalized spacial score (nSPS) is 21.8. The van der Waals surface area contributed by atoms with Crippen molar-refractivity contribution in [3.63, 3.8) is 0 Å². The first kappa shape index (κ1) is 16.8. The SMILES string of the molecule is CC1(C)C=C2CC3=c4cc(-c5ccccc5)ccc4=CC(C)(C)C3=C2CC1. The standard InChI is InChI=1S/C27H28/c1-26(2)13-12-22-21(16-26)15-24-23-14-19(18-8-6-5-7-9-18)10-11-20(23)17-27(3,4)25(22)24/h5-11,14,16-17H,12-13,15H2,1-4H3. The molecule has 3 aliphatic carbocycles. The lowest BCUT2D eigenvalue weighted by Gasteiger charge is -2.31. The highest BCUT2D eigenvalue weighted by atomic mass is 14.4. The van der Waals surface area contributed by atoms with Crippen molar-refractivity contribution >= 4 is 11.6 Å². The molecule has 0 amide bonds. The van der Waals surface area contributed by atoms with Crippen LogP contribution in [0.1, 0.15) is 47.0 Å². The van der Waals surface area contributed by atoms with Crippen LogP contribution < -0.4 is 10.4 Å². The Morgan fingerprint density at radius 2 is 1.56 bits per heavy atom. The smallest absolute Gasteiger partial charge is 0.00903 e. The highest BCUT2D eigenvalue weighted by Gasteiger charge is 2.38. The first-order chi connectivity index (χ1) is 12.8. The molecule has 0 saturated heterocycles. The van der Waals surface area contributed by atoms with E-state index < -0.39 is 0 Å². The van der Waals surface area contributed by atoms with E-state index in [4.69, 9.17) is 0 Å². The molecule has 0 bridgehead atoms. The molecule has 0 unspecified atom stereocenters. The maximum Gasteiger partial charge on any atom is 0.00903 e. The molecule has 0 nitrogen and oxygen atoms in total. The van der Waals surface area contributed by atoms with Crippen LogP contribution in [-0.2, 0) is 0 Å². The fourth-order valence-electron chi connectivity index (χ4n) is 5.37. The van der Waals surface area contributed by atoms with E-state index >= 15 is 0 Å². The van der Waals surface area contributed by atoms with Crippen molar-refractivity contribution < 1.29 is 0 Å². The number of rotatable bonds is 1. The van der Waals surface area contributed by atoms with E-state index in [9.17, 15) is 0 Å². The lowest BCUT2D eigenvalue weighted by Crippen LogP contribution is -2.35. The maximum absolute atomic E-state index is 2.56. The molecule has 2 aromatic carbocycles. The topological polar surface area (TPSA) is 0 Å². The molecule has 5 rings (SSSR count). The van der Waals surface area contributed by atoms with E-state index in [1.54, 1.807) is 22.3 Å². The van der Waals surface area contributed by atoms with Gasteiger partial charge < -0.3 is 0 Å². The first-order valence-corrected chi connectivity index (χ1v) is 10.2. The number of benzene rings is 2. The van der Waals surface area contributed by atoms with E-state index in [1.807, 2.05) is 0 Å². The molecule has 0 heterocycles. The predicted octanol–water partition coefficient (Wildman–Crippen LogP) is 5.77. The largest absolute Gasteiger partial charge is 0.0750 e. The Hall–Kier alpha value is -2.34. The zero-order valence-corrected chi connectivity index (χ0v) is 16.9. The highest BCUT2D eigenvalue weighted by molar-refractivity contribution is 5.83. The van der Waals surface area contributed by atoms with Crippen molar-refractivity contribution in [1.29, 1.82) is 0 Å². The predicted molar refractivity (Wildman–Crippen MR) is 116 cm³/mol. The molecule has 0 fully saturated rings. The van der Waals surface area contributed by atoms with Gasteiger partial charge in [0.25, 0.3) is 0 Å². The summed E-state index contributed by atoms with van der Waals surface area (Å²) in [5.74, 6) is 0. The molecule has 136 valence electrons. The monoisotopic (exact) mass is 352 g/mol. The van der Waals surface area contributed by atoms with Gasteiger partial charge in [-0.15, -0.1) is 0 Å². The Morgan fingerprint density at radius 3 is 2.33 bits per heavy atom. The number of hydrogen-bond acceptors (Lipinski definition) is 0. The van der Waals surface area contributed by atoms with Gasteiger partial charge in [-0.1, -0.05) is 82.3 Å². The van der Waals surface area contributed by atoms with Crippen LogP contribution in [-0.4, -0.2) is 0 Å². The van der Waals surface area contributed by atoms with Crippen LogP contribution in [0.15, 0.2) is 71.3 Å². The molecule has 0 saturated carbocycles. The summed E-state index contributed by atoms with van der Waals surface area (Å²) < 4.78 is 0. The van der Waals surface area contributed by atoms with Crippen LogP contribution in [0, 0.1) is 10.8 Å². The lowest BCUT2D eigenvalue weighted by molar-refractivity contribution is 0.420. The molecule has 27 heavy (non-hydrogen) atoms. The van der Waals surface area contributed by atoms with Gasteiger partial charge in [0, 0.05) is 5.41 Å². The van der Waals surface area contributed by atoms with Crippen molar-refractivity contribution in [1.82, 2.24) is 0 Å². The fourth-order valence-corrected chi connectivity index (χ4v) is 5.37. The third kappa shape index (κ3) is 2.65. The summed E-state index contributed by atoms with van der Waals surface area (Å²) in [7, 11) is 0. The summed E-state index contributed by atoms with van der Waals surface area (Å²) in [4.78, 5) is 0. The van der Waals surface area contributed by atoms with Gasteiger partial charge in [0.15, 0.2) is 0 Å². The number of fused-ring (bicyclic) bond motifs is 3. The van der Waals surface area contributed by atoms with Gasteiger partial charge in [0.05, 0.1) is 0 Å². The second-order valence-corrected chi connectivity index (χ2v) is 9.70. The highest BCUT2D eigenvalue weighted by Crippen LogP contribution is 2.52. The lowest BCUT2D eigenvalue weighted by atomic mass is 9.73. The molecule has 0 aromatic heterocycles. The van der Waals surface area contributed by atoms with Gasteiger partial charge >= 0.3 is 0 Å². The van der Waals surface area contributed by atoms with Gasteiger partial charge in [-0.3, -0.25) is 0 Å². The van der Waals surface area contributed by atoms with E-state index in [0.717, 1.165) is 6.42 Å². The van der Waals surface area contributed by atoms with Gasteiger partial charge in [0.2, 0.25) is 0 Å². The van der Waals surface area contributed by atoms with Crippen molar-refractivity contribution in [2.24, 2.45) is 10.8 Å². The summed E-state index contributed by atoms with van der Waals surface area (Å²) in [5, 5.41) is 2.85. The van der Waals surface area contributed by atoms with Gasteiger partial charge in [0.1, 0.15) is 0 Å². The number of allylic oxidation sites excluding steroid dienone is 4. The van der Waals surface area contributed by atoms with Gasteiger partial charge in [-0.25, -0.2) is 0 Å². The van der Waals surface area contributed by atoms with E-state index in [2.05, 4.69) is 88.4 Å². The van der Waals surface area contributed by atoms with Crippen LogP contribution in [0.2, 0.25) is 0 Å². The summed E-state index contributed by atoms with van der Waals surface area (Å²) in [6.07, 6.45) is 8.64. The third-order valence-corrected chi connectivity index (χ3v) is 6.59. The molecule has 3 aliphatic rings. The molecule has 0 atom stereocenters. The molecular weight excluding hydrogens is 324 g/mol.